The molecule has 0 atom stereocenters. The van der Waals surface area contributed by atoms with E-state index in [1.165, 1.54) is 0 Å². The van der Waals surface area contributed by atoms with Crippen molar-refractivity contribution in [1.29, 1.82) is 0 Å². The van der Waals surface area contributed by atoms with Crippen LogP contribution >= 0.6 is 0 Å². The topological polar surface area (TPSA) is 83.2 Å². The number of carbonyl (C=O) groups excluding carboxylic acids is 1. The van der Waals surface area contributed by atoms with Crippen molar-refractivity contribution in [2.24, 2.45) is 10.7 Å². The third-order valence-corrected chi connectivity index (χ3v) is 5.06. The van der Waals surface area contributed by atoms with Gasteiger partial charge in [-0.1, -0.05) is 12.1 Å². The second-order valence-electron chi connectivity index (χ2n) is 7.10. The zero-order chi connectivity index (χ0) is 18.9. The van der Waals surface area contributed by atoms with Crippen LogP contribution in [0.1, 0.15) is 31.2 Å². The molecule has 7 nitrogen and oxygen atoms in total. The Morgan fingerprint density at radius 1 is 1.15 bits per heavy atom. The lowest BCUT2D eigenvalue weighted by atomic mass is 10.1. The number of benzene rings is 1. The van der Waals surface area contributed by atoms with Crippen LogP contribution in [0.15, 0.2) is 29.3 Å². The molecular formula is C20H31N5O2. The van der Waals surface area contributed by atoms with Gasteiger partial charge in [-0.05, 0) is 43.5 Å². The van der Waals surface area contributed by atoms with Crippen LogP contribution < -0.4 is 16.0 Å². The van der Waals surface area contributed by atoms with Crippen molar-refractivity contribution in [3.8, 4) is 0 Å². The largest absolute Gasteiger partial charge is 0.379 e. The monoisotopic (exact) mass is 373 g/mol. The average molecular weight is 374 g/mol. The molecule has 0 spiro atoms. The third-order valence-electron chi connectivity index (χ3n) is 5.06. The van der Waals surface area contributed by atoms with Crippen LogP contribution in [-0.2, 0) is 16.1 Å². The van der Waals surface area contributed by atoms with Crippen LogP contribution in [0, 0.1) is 0 Å². The highest BCUT2D eigenvalue weighted by Crippen LogP contribution is 2.21. The maximum absolute atomic E-state index is 12.0. The van der Waals surface area contributed by atoms with Gasteiger partial charge in [-0.2, -0.15) is 0 Å². The van der Waals surface area contributed by atoms with Gasteiger partial charge in [0.15, 0.2) is 5.96 Å². The predicted octanol–water partition coefficient (Wildman–Crippen LogP) is 1.33. The third kappa shape index (κ3) is 6.22. The molecule has 0 aliphatic carbocycles. The Kier molecular flexibility index (Phi) is 7.47. The summed E-state index contributed by atoms with van der Waals surface area (Å²) in [5, 5.41) is 3.18. The van der Waals surface area contributed by atoms with Crippen LogP contribution in [0.2, 0.25) is 0 Å². The van der Waals surface area contributed by atoms with E-state index < -0.39 is 0 Å². The number of amides is 1. The van der Waals surface area contributed by atoms with Crippen molar-refractivity contribution in [3.05, 3.63) is 29.8 Å². The Balaban J connectivity index is 1.38. The quantitative estimate of drug-likeness (QED) is 0.428. The molecule has 2 heterocycles. The van der Waals surface area contributed by atoms with E-state index in [1.54, 1.807) is 0 Å². The highest BCUT2D eigenvalue weighted by atomic mass is 16.5. The molecule has 0 saturated carbocycles. The zero-order valence-electron chi connectivity index (χ0n) is 16.0. The number of anilines is 1. The number of hydrogen-bond donors (Lipinski definition) is 2. The minimum absolute atomic E-state index is 0.220. The molecule has 2 fully saturated rings. The van der Waals surface area contributed by atoms with Crippen LogP contribution in [0.5, 0.6) is 0 Å². The first kappa shape index (κ1) is 19.6. The Morgan fingerprint density at radius 2 is 1.93 bits per heavy atom. The van der Waals surface area contributed by atoms with E-state index in [-0.39, 0.29) is 5.91 Å². The van der Waals surface area contributed by atoms with Gasteiger partial charge in [0.05, 0.1) is 19.8 Å². The number of nitrogens with one attached hydrogen (secondary N) is 1. The molecule has 7 heteroatoms. The van der Waals surface area contributed by atoms with Gasteiger partial charge >= 0.3 is 0 Å². The molecule has 2 aliphatic heterocycles. The van der Waals surface area contributed by atoms with E-state index in [0.29, 0.717) is 18.9 Å². The van der Waals surface area contributed by atoms with Crippen LogP contribution in [0.25, 0.3) is 0 Å². The van der Waals surface area contributed by atoms with Crippen molar-refractivity contribution in [3.63, 3.8) is 0 Å². The van der Waals surface area contributed by atoms with E-state index in [9.17, 15) is 4.79 Å². The standard InChI is InChI=1S/C20H31N5O2/c21-20(22-9-3-10-24-12-14-27-15-13-24)23-16-17-5-7-18(8-6-17)25-11-2-1-4-19(25)26/h5-8H,1-4,9-16H2,(H3,21,22,23). The summed E-state index contributed by atoms with van der Waals surface area (Å²) in [6.45, 7) is 6.94. The number of rotatable bonds is 7. The maximum Gasteiger partial charge on any atom is 0.226 e. The molecule has 3 N–H and O–H groups in total. The number of hydrogen-bond acceptors (Lipinski definition) is 4. The SMILES string of the molecule is NC(=NCc1ccc(N2CCCCC2=O)cc1)NCCCN1CCOCC1. The van der Waals surface area contributed by atoms with Crippen molar-refractivity contribution < 1.29 is 9.53 Å². The molecule has 0 bridgehead atoms. The van der Waals surface area contributed by atoms with Gasteiger partial charge in [-0.3, -0.25) is 9.69 Å². The molecule has 148 valence electrons. The summed E-state index contributed by atoms with van der Waals surface area (Å²) in [5.41, 5.74) is 8.02. The van der Waals surface area contributed by atoms with E-state index in [1.807, 2.05) is 29.2 Å². The number of ether oxygens (including phenoxy) is 1. The Hall–Kier alpha value is -2.12. The van der Waals surface area contributed by atoms with Gasteiger partial charge in [0.2, 0.25) is 5.91 Å². The fourth-order valence-electron chi connectivity index (χ4n) is 3.44. The molecule has 1 amide bonds. The van der Waals surface area contributed by atoms with Crippen molar-refractivity contribution in [2.45, 2.75) is 32.2 Å². The molecule has 1 aromatic carbocycles. The number of aliphatic imine (C=N–C) groups is 1. The molecule has 27 heavy (non-hydrogen) atoms. The fraction of sp³-hybridized carbons (Fsp3) is 0.600. The summed E-state index contributed by atoms with van der Waals surface area (Å²) in [6, 6.07) is 8.04. The summed E-state index contributed by atoms with van der Waals surface area (Å²) in [5.74, 6) is 0.699. The molecule has 0 unspecified atom stereocenters. The summed E-state index contributed by atoms with van der Waals surface area (Å²) < 4.78 is 5.35. The molecule has 3 rings (SSSR count). The Bertz CT molecular complexity index is 626. The first-order valence-electron chi connectivity index (χ1n) is 9.95. The second-order valence-corrected chi connectivity index (χ2v) is 7.10. The first-order chi connectivity index (χ1) is 13.2. The molecule has 0 aromatic heterocycles. The van der Waals surface area contributed by atoms with Gasteiger partial charge in [-0.15, -0.1) is 0 Å². The van der Waals surface area contributed by atoms with Crippen LogP contribution in [0.3, 0.4) is 0 Å². The highest BCUT2D eigenvalue weighted by molar-refractivity contribution is 5.93. The first-order valence-corrected chi connectivity index (χ1v) is 9.95. The highest BCUT2D eigenvalue weighted by Gasteiger charge is 2.19. The predicted molar refractivity (Wildman–Crippen MR) is 108 cm³/mol. The summed E-state index contributed by atoms with van der Waals surface area (Å²) in [4.78, 5) is 20.7. The average Bonchev–Trinajstić information content (AvgIpc) is 2.71. The minimum Gasteiger partial charge on any atom is -0.379 e. The van der Waals surface area contributed by atoms with E-state index in [4.69, 9.17) is 10.5 Å². The summed E-state index contributed by atoms with van der Waals surface area (Å²) in [6.07, 6.45) is 3.76. The molecule has 1 aromatic rings. The molecular weight excluding hydrogens is 342 g/mol. The molecule has 2 aliphatic rings. The number of nitrogens with zero attached hydrogens (tertiary/aromatic N) is 3. The van der Waals surface area contributed by atoms with E-state index in [2.05, 4.69) is 15.2 Å². The van der Waals surface area contributed by atoms with Gasteiger partial charge in [-0.25, -0.2) is 4.99 Å². The lowest BCUT2D eigenvalue weighted by Gasteiger charge is -2.26. The van der Waals surface area contributed by atoms with Crippen molar-refractivity contribution >= 4 is 17.6 Å². The smallest absolute Gasteiger partial charge is 0.226 e. The Labute approximate surface area is 161 Å². The summed E-state index contributed by atoms with van der Waals surface area (Å²) >= 11 is 0. The lowest BCUT2D eigenvalue weighted by molar-refractivity contribution is -0.119. The van der Waals surface area contributed by atoms with Crippen molar-refractivity contribution in [2.75, 3.05) is 50.8 Å². The number of carbonyl (C=O) groups is 1. The van der Waals surface area contributed by atoms with Crippen molar-refractivity contribution in [1.82, 2.24) is 10.2 Å². The Morgan fingerprint density at radius 3 is 2.67 bits per heavy atom. The normalized spacial score (nSPS) is 19.3. The molecule has 0 radical (unpaired) electrons. The van der Waals surface area contributed by atoms with Gasteiger partial charge in [0.25, 0.3) is 0 Å². The van der Waals surface area contributed by atoms with Gasteiger partial charge in [0.1, 0.15) is 0 Å². The second kappa shape index (κ2) is 10.3. The zero-order valence-corrected chi connectivity index (χ0v) is 16.0. The number of nitrogens with two attached hydrogens (primary N) is 1. The van der Waals surface area contributed by atoms with E-state index >= 15 is 0 Å². The molecule has 2 saturated heterocycles. The lowest BCUT2D eigenvalue weighted by Crippen LogP contribution is -2.39. The van der Waals surface area contributed by atoms with Gasteiger partial charge < -0.3 is 20.7 Å². The van der Waals surface area contributed by atoms with E-state index in [0.717, 1.165) is 76.5 Å². The number of piperidine rings is 1. The summed E-state index contributed by atoms with van der Waals surface area (Å²) in [7, 11) is 0. The maximum atomic E-state index is 12.0. The number of morpholine rings is 1. The van der Waals surface area contributed by atoms with Crippen LogP contribution in [-0.4, -0.2) is 62.7 Å². The fourth-order valence-corrected chi connectivity index (χ4v) is 3.44. The minimum atomic E-state index is 0.220. The van der Waals surface area contributed by atoms with Gasteiger partial charge in [0, 0.05) is 38.3 Å². The number of guanidine groups is 1. The van der Waals surface area contributed by atoms with Crippen LogP contribution in [0.4, 0.5) is 5.69 Å².